The lowest BCUT2D eigenvalue weighted by Crippen LogP contribution is -2.53. The van der Waals surface area contributed by atoms with Gasteiger partial charge in [0.1, 0.15) is 0 Å². The Hall–Kier alpha value is -0.130. The van der Waals surface area contributed by atoms with Crippen molar-refractivity contribution in [2.24, 2.45) is 4.99 Å². The fourth-order valence-electron chi connectivity index (χ4n) is 2.31. The zero-order valence-electron chi connectivity index (χ0n) is 14.2. The summed E-state index contributed by atoms with van der Waals surface area (Å²) in [7, 11) is 2.40. The zero-order valence-corrected chi connectivity index (χ0v) is 17.3. The number of hydrogen-bond donors (Lipinski definition) is 0. The van der Waals surface area contributed by atoms with Gasteiger partial charge in [-0.1, -0.05) is 0 Å². The molecule has 22 heavy (non-hydrogen) atoms. The Kier molecular flexibility index (Phi) is 9.83. The molecule has 132 valence electrons. The fraction of sp³-hybridized carbons (Fsp3) is 0.923. The van der Waals surface area contributed by atoms with E-state index in [1.165, 1.54) is 0 Å². The highest BCUT2D eigenvalue weighted by Gasteiger charge is 2.28. The minimum Gasteiger partial charge on any atom is -0.378 e. The molecule has 1 aliphatic heterocycles. The third-order valence-electron chi connectivity index (χ3n) is 3.31. The first-order chi connectivity index (χ1) is 9.77. The van der Waals surface area contributed by atoms with Crippen LogP contribution in [-0.4, -0.2) is 94.3 Å². The van der Waals surface area contributed by atoms with E-state index in [2.05, 4.69) is 9.89 Å². The Morgan fingerprint density at radius 3 is 2.18 bits per heavy atom. The second kappa shape index (κ2) is 9.89. The molecule has 1 saturated heterocycles. The summed E-state index contributed by atoms with van der Waals surface area (Å²) in [6.07, 6.45) is 0.0560. The summed E-state index contributed by atoms with van der Waals surface area (Å²) in [5, 5.41) is 0. The second-order valence-electron chi connectivity index (χ2n) is 5.54. The number of aliphatic imine (C=N–C) groups is 1. The van der Waals surface area contributed by atoms with E-state index in [-0.39, 0.29) is 42.4 Å². The van der Waals surface area contributed by atoms with Gasteiger partial charge in [-0.15, -0.1) is 24.0 Å². The lowest BCUT2D eigenvalue weighted by molar-refractivity contribution is 0.0904. The van der Waals surface area contributed by atoms with E-state index in [4.69, 9.17) is 4.74 Å². The van der Waals surface area contributed by atoms with Crippen molar-refractivity contribution < 1.29 is 13.2 Å². The molecule has 0 bridgehead atoms. The topological polar surface area (TPSA) is 65.5 Å². The molecule has 0 aromatic heterocycles. The van der Waals surface area contributed by atoms with Crippen LogP contribution in [0.4, 0.5) is 0 Å². The molecule has 1 heterocycles. The van der Waals surface area contributed by atoms with Crippen molar-refractivity contribution in [3.63, 3.8) is 0 Å². The Morgan fingerprint density at radius 2 is 1.77 bits per heavy atom. The Bertz CT molecular complexity index is 446. The quantitative estimate of drug-likeness (QED) is 0.349. The van der Waals surface area contributed by atoms with Crippen molar-refractivity contribution in [2.45, 2.75) is 20.0 Å². The smallest absolute Gasteiger partial charge is 0.216 e. The molecule has 0 spiro atoms. The molecule has 0 atom stereocenters. The average Bonchev–Trinajstić information content (AvgIpc) is 2.39. The average molecular weight is 448 g/mol. The summed E-state index contributed by atoms with van der Waals surface area (Å²) < 4.78 is 31.4. The minimum atomic E-state index is -3.23. The summed E-state index contributed by atoms with van der Waals surface area (Å²) in [4.78, 5) is 8.30. The highest BCUT2D eigenvalue weighted by atomic mass is 127. The van der Waals surface area contributed by atoms with Crippen molar-refractivity contribution in [3.8, 4) is 0 Å². The van der Waals surface area contributed by atoms with Crippen LogP contribution < -0.4 is 0 Å². The predicted molar refractivity (Wildman–Crippen MR) is 100 cm³/mol. The van der Waals surface area contributed by atoms with Gasteiger partial charge in [0, 0.05) is 47.3 Å². The fourth-order valence-corrected chi connectivity index (χ4v) is 3.59. The van der Waals surface area contributed by atoms with E-state index in [9.17, 15) is 8.42 Å². The van der Waals surface area contributed by atoms with Crippen molar-refractivity contribution in [3.05, 3.63) is 0 Å². The summed E-state index contributed by atoms with van der Waals surface area (Å²) in [5.74, 6) is 0.934. The number of guanidine groups is 1. The van der Waals surface area contributed by atoms with Gasteiger partial charge in [-0.25, -0.2) is 8.42 Å². The van der Waals surface area contributed by atoms with E-state index in [1.54, 1.807) is 11.4 Å². The van der Waals surface area contributed by atoms with Gasteiger partial charge in [-0.05, 0) is 13.8 Å². The Morgan fingerprint density at radius 1 is 1.23 bits per heavy atom. The molecular formula is C13H29IN4O3S. The standard InChI is InChI=1S/C13H28N4O3S.HI/c1-12(2)20-10-11-21(18,19)17-8-6-16(7-9-17)13(14-3)15(4)5;/h12H,6-11H2,1-5H3;1H. The molecule has 0 N–H and O–H groups in total. The summed E-state index contributed by atoms with van der Waals surface area (Å²) in [6, 6.07) is 0. The highest BCUT2D eigenvalue weighted by molar-refractivity contribution is 14.0. The van der Waals surface area contributed by atoms with Gasteiger partial charge in [0.15, 0.2) is 5.96 Å². The third-order valence-corrected chi connectivity index (χ3v) is 5.14. The summed E-state index contributed by atoms with van der Waals surface area (Å²) in [5.41, 5.74) is 0. The molecule has 1 rings (SSSR count). The number of hydrogen-bond acceptors (Lipinski definition) is 4. The van der Waals surface area contributed by atoms with Crippen LogP contribution in [0, 0.1) is 0 Å². The first-order valence-electron chi connectivity index (χ1n) is 7.26. The van der Waals surface area contributed by atoms with Crippen LogP contribution in [0.2, 0.25) is 0 Å². The molecule has 0 amide bonds. The largest absolute Gasteiger partial charge is 0.378 e. The van der Waals surface area contributed by atoms with Gasteiger partial charge in [0.25, 0.3) is 0 Å². The number of ether oxygens (including phenoxy) is 1. The molecule has 1 fully saturated rings. The molecule has 7 nitrogen and oxygen atoms in total. The van der Waals surface area contributed by atoms with Crippen LogP contribution in [0.1, 0.15) is 13.8 Å². The van der Waals surface area contributed by atoms with Crippen molar-refractivity contribution >= 4 is 40.0 Å². The van der Waals surface area contributed by atoms with Crippen LogP contribution in [0.5, 0.6) is 0 Å². The molecule has 1 aliphatic rings. The normalized spacial score (nSPS) is 17.5. The van der Waals surface area contributed by atoms with Gasteiger partial charge in [-0.3, -0.25) is 4.99 Å². The van der Waals surface area contributed by atoms with E-state index < -0.39 is 10.0 Å². The number of piperazine rings is 1. The molecule has 0 aromatic rings. The molecule has 0 saturated carbocycles. The molecular weight excluding hydrogens is 419 g/mol. The van der Waals surface area contributed by atoms with E-state index in [0.29, 0.717) is 26.2 Å². The second-order valence-corrected chi connectivity index (χ2v) is 7.63. The van der Waals surface area contributed by atoms with Gasteiger partial charge in [-0.2, -0.15) is 4.31 Å². The number of nitrogens with zero attached hydrogens (tertiary/aromatic N) is 4. The van der Waals surface area contributed by atoms with Gasteiger partial charge in [0.05, 0.1) is 18.5 Å². The lowest BCUT2D eigenvalue weighted by atomic mass is 10.4. The van der Waals surface area contributed by atoms with E-state index in [1.807, 2.05) is 32.8 Å². The third kappa shape index (κ3) is 6.55. The van der Waals surface area contributed by atoms with Crippen LogP contribution in [-0.2, 0) is 14.8 Å². The maximum absolute atomic E-state index is 12.2. The monoisotopic (exact) mass is 448 g/mol. The van der Waals surface area contributed by atoms with E-state index >= 15 is 0 Å². The minimum absolute atomic E-state index is 0. The van der Waals surface area contributed by atoms with Gasteiger partial charge < -0.3 is 14.5 Å². The van der Waals surface area contributed by atoms with Crippen LogP contribution >= 0.6 is 24.0 Å². The number of sulfonamides is 1. The van der Waals surface area contributed by atoms with Crippen molar-refractivity contribution in [2.75, 3.05) is 59.7 Å². The molecule has 0 aromatic carbocycles. The number of halogens is 1. The SMILES string of the molecule is CN=C(N(C)C)N1CCN(S(=O)(=O)CCOC(C)C)CC1.I. The lowest BCUT2D eigenvalue weighted by Gasteiger charge is -2.37. The summed E-state index contributed by atoms with van der Waals surface area (Å²) >= 11 is 0. The Balaban J connectivity index is 0.00000441. The first-order valence-corrected chi connectivity index (χ1v) is 8.87. The first kappa shape index (κ1) is 21.9. The predicted octanol–water partition coefficient (Wildman–Crippen LogP) is 0.524. The van der Waals surface area contributed by atoms with Gasteiger partial charge >= 0.3 is 0 Å². The zero-order chi connectivity index (χ0) is 16.0. The molecule has 9 heteroatoms. The maximum atomic E-state index is 12.2. The van der Waals surface area contributed by atoms with Crippen LogP contribution in [0.15, 0.2) is 4.99 Å². The van der Waals surface area contributed by atoms with E-state index in [0.717, 1.165) is 5.96 Å². The summed E-state index contributed by atoms with van der Waals surface area (Å²) in [6.45, 7) is 6.37. The maximum Gasteiger partial charge on any atom is 0.216 e. The van der Waals surface area contributed by atoms with Crippen LogP contribution in [0.25, 0.3) is 0 Å². The molecule has 0 unspecified atom stereocenters. The van der Waals surface area contributed by atoms with Crippen LogP contribution in [0.3, 0.4) is 0 Å². The molecule has 0 aliphatic carbocycles. The van der Waals surface area contributed by atoms with Gasteiger partial charge in [0.2, 0.25) is 10.0 Å². The van der Waals surface area contributed by atoms with Crippen molar-refractivity contribution in [1.29, 1.82) is 0 Å². The Labute approximate surface area is 151 Å². The van der Waals surface area contributed by atoms with Crippen molar-refractivity contribution in [1.82, 2.24) is 14.1 Å². The highest BCUT2D eigenvalue weighted by Crippen LogP contribution is 2.10. The number of rotatable bonds is 5. The molecule has 0 radical (unpaired) electrons.